The Kier molecular flexibility index (Phi) is 2.66. The lowest BCUT2D eigenvalue weighted by Crippen LogP contribution is -2.26. The smallest absolute Gasteiger partial charge is 0.423 e. The zero-order valence-corrected chi connectivity index (χ0v) is 9.89. The maximum atomic E-state index is 9.04. The maximum Gasteiger partial charge on any atom is 0.499 e. The van der Waals surface area contributed by atoms with Crippen LogP contribution in [0.25, 0.3) is 10.1 Å². The molecule has 0 aliphatic heterocycles. The number of hydrogen-bond acceptors (Lipinski definition) is 3. The van der Waals surface area contributed by atoms with E-state index in [0.29, 0.717) is 4.78 Å². The summed E-state index contributed by atoms with van der Waals surface area (Å²) in [5.41, 5.74) is 1.16. The summed E-state index contributed by atoms with van der Waals surface area (Å²) in [4.78, 5) is 0. The molecule has 1 heterocycles. The maximum absolute atomic E-state index is 9.04. The number of halogens is 1. The van der Waals surface area contributed by atoms with Crippen molar-refractivity contribution in [3.63, 3.8) is 0 Å². The van der Waals surface area contributed by atoms with E-state index in [4.69, 9.17) is 10.0 Å². The van der Waals surface area contributed by atoms with Gasteiger partial charge in [-0.2, -0.15) is 0 Å². The van der Waals surface area contributed by atoms with Crippen LogP contribution in [0.3, 0.4) is 0 Å². The quantitative estimate of drug-likeness (QED) is 0.774. The summed E-state index contributed by atoms with van der Waals surface area (Å²) in [6, 6.07) is 5.85. The standard InChI is InChI=1S/C9H8BBrO2S/c1-5-2-7(11)6-4-9(10(12)13)14-8(6)3-5/h2-4,12-13H,1H3. The molecule has 0 unspecified atom stereocenters. The van der Waals surface area contributed by atoms with E-state index in [2.05, 4.69) is 15.9 Å². The average Bonchev–Trinajstić information content (AvgIpc) is 2.47. The van der Waals surface area contributed by atoms with E-state index >= 15 is 0 Å². The molecule has 1 aromatic heterocycles. The van der Waals surface area contributed by atoms with Gasteiger partial charge in [-0.15, -0.1) is 11.3 Å². The summed E-state index contributed by atoms with van der Waals surface area (Å²) >= 11 is 4.86. The molecule has 0 saturated heterocycles. The highest BCUT2D eigenvalue weighted by molar-refractivity contribution is 9.10. The van der Waals surface area contributed by atoms with Crippen LogP contribution in [-0.2, 0) is 0 Å². The third-order valence-electron chi connectivity index (χ3n) is 2.00. The lowest BCUT2D eigenvalue weighted by atomic mass is 9.89. The van der Waals surface area contributed by atoms with Crippen molar-refractivity contribution in [1.82, 2.24) is 0 Å². The van der Waals surface area contributed by atoms with Gasteiger partial charge in [0.15, 0.2) is 0 Å². The highest BCUT2D eigenvalue weighted by Crippen LogP contribution is 2.28. The summed E-state index contributed by atoms with van der Waals surface area (Å²) in [6.45, 7) is 2.01. The molecule has 2 nitrogen and oxygen atoms in total. The molecule has 0 aliphatic rings. The molecule has 72 valence electrons. The van der Waals surface area contributed by atoms with Gasteiger partial charge in [0, 0.05) is 19.3 Å². The number of thiophene rings is 1. The zero-order chi connectivity index (χ0) is 10.3. The van der Waals surface area contributed by atoms with Gasteiger partial charge in [0.1, 0.15) is 0 Å². The molecule has 0 fully saturated rings. The van der Waals surface area contributed by atoms with Crippen molar-refractivity contribution in [2.75, 3.05) is 0 Å². The van der Waals surface area contributed by atoms with E-state index in [-0.39, 0.29) is 0 Å². The Labute approximate surface area is 94.5 Å². The normalized spacial score (nSPS) is 10.9. The molecule has 5 heteroatoms. The largest absolute Gasteiger partial charge is 0.499 e. The molecule has 1 aromatic carbocycles. The van der Waals surface area contributed by atoms with E-state index in [0.717, 1.165) is 20.1 Å². The second-order valence-corrected chi connectivity index (χ2v) is 5.15. The third-order valence-corrected chi connectivity index (χ3v) is 3.78. The van der Waals surface area contributed by atoms with Crippen LogP contribution < -0.4 is 4.78 Å². The Morgan fingerprint density at radius 1 is 1.29 bits per heavy atom. The highest BCUT2D eigenvalue weighted by atomic mass is 79.9. The van der Waals surface area contributed by atoms with E-state index in [9.17, 15) is 0 Å². The predicted molar refractivity (Wildman–Crippen MR) is 64.1 cm³/mol. The molecule has 2 rings (SSSR count). The molecule has 14 heavy (non-hydrogen) atoms. The summed E-state index contributed by atoms with van der Waals surface area (Å²) < 4.78 is 2.64. The van der Waals surface area contributed by atoms with Crippen molar-refractivity contribution in [1.29, 1.82) is 0 Å². The number of benzene rings is 1. The van der Waals surface area contributed by atoms with Gasteiger partial charge in [-0.1, -0.05) is 15.9 Å². The fraction of sp³-hybridized carbons (Fsp3) is 0.111. The number of fused-ring (bicyclic) bond motifs is 1. The van der Waals surface area contributed by atoms with Crippen LogP contribution in [0.1, 0.15) is 5.56 Å². The summed E-state index contributed by atoms with van der Waals surface area (Å²) in [5.74, 6) is 0. The third kappa shape index (κ3) is 1.73. The minimum atomic E-state index is -1.38. The number of hydrogen-bond donors (Lipinski definition) is 2. The SMILES string of the molecule is Cc1cc(Br)c2cc(B(O)O)sc2c1. The molecular formula is C9H8BBrO2S. The second kappa shape index (κ2) is 3.66. The molecule has 2 N–H and O–H groups in total. The Morgan fingerprint density at radius 3 is 2.64 bits per heavy atom. The van der Waals surface area contributed by atoms with Crippen LogP contribution >= 0.6 is 27.3 Å². The first-order valence-corrected chi connectivity index (χ1v) is 5.74. The van der Waals surface area contributed by atoms with E-state index < -0.39 is 7.12 Å². The van der Waals surface area contributed by atoms with Gasteiger partial charge < -0.3 is 10.0 Å². The van der Waals surface area contributed by atoms with Crippen molar-refractivity contribution in [2.45, 2.75) is 6.92 Å². The van der Waals surface area contributed by atoms with E-state index in [1.807, 2.05) is 19.1 Å². The van der Waals surface area contributed by atoms with Gasteiger partial charge in [-0.25, -0.2) is 0 Å². The first-order valence-electron chi connectivity index (χ1n) is 4.13. The van der Waals surface area contributed by atoms with Crippen molar-refractivity contribution >= 4 is 49.2 Å². The molecule has 0 radical (unpaired) electrons. The molecule has 0 bridgehead atoms. The lowest BCUT2D eigenvalue weighted by molar-refractivity contribution is 0.427. The molecule has 0 saturated carbocycles. The van der Waals surface area contributed by atoms with Crippen molar-refractivity contribution in [2.24, 2.45) is 0 Å². The van der Waals surface area contributed by atoms with Gasteiger partial charge in [0.2, 0.25) is 0 Å². The molecule has 2 aromatic rings. The van der Waals surface area contributed by atoms with Crippen LogP contribution in [-0.4, -0.2) is 17.2 Å². The second-order valence-electron chi connectivity index (χ2n) is 3.18. The minimum absolute atomic E-state index is 0.575. The van der Waals surface area contributed by atoms with Crippen LogP contribution in [0, 0.1) is 6.92 Å². The fourth-order valence-corrected chi connectivity index (χ4v) is 3.25. The summed E-state index contributed by atoms with van der Waals surface area (Å²) in [5, 5.41) is 19.1. The summed E-state index contributed by atoms with van der Waals surface area (Å²) in [6.07, 6.45) is 0. The van der Waals surface area contributed by atoms with Gasteiger partial charge >= 0.3 is 7.12 Å². The molecule has 0 amide bonds. The van der Waals surface area contributed by atoms with Crippen LogP contribution in [0.5, 0.6) is 0 Å². The molecule has 0 atom stereocenters. The van der Waals surface area contributed by atoms with Crippen molar-refractivity contribution in [3.05, 3.63) is 28.2 Å². The van der Waals surface area contributed by atoms with Crippen molar-refractivity contribution in [3.8, 4) is 0 Å². The zero-order valence-electron chi connectivity index (χ0n) is 7.49. The fourth-order valence-electron chi connectivity index (χ4n) is 1.37. The first kappa shape index (κ1) is 10.2. The Morgan fingerprint density at radius 2 is 2.00 bits per heavy atom. The minimum Gasteiger partial charge on any atom is -0.423 e. The van der Waals surface area contributed by atoms with Gasteiger partial charge in [-0.3, -0.25) is 0 Å². The van der Waals surface area contributed by atoms with Crippen LogP contribution in [0.4, 0.5) is 0 Å². The van der Waals surface area contributed by atoms with E-state index in [1.54, 1.807) is 6.07 Å². The van der Waals surface area contributed by atoms with Crippen LogP contribution in [0.2, 0.25) is 0 Å². The van der Waals surface area contributed by atoms with Gasteiger partial charge in [0.25, 0.3) is 0 Å². The highest BCUT2D eigenvalue weighted by Gasteiger charge is 2.15. The Hall–Kier alpha value is -0.355. The molecular weight excluding hydrogens is 263 g/mol. The summed E-state index contributed by atoms with van der Waals surface area (Å²) in [7, 11) is -1.38. The van der Waals surface area contributed by atoms with E-state index in [1.165, 1.54) is 11.3 Å². The number of rotatable bonds is 1. The Bertz CT molecular complexity index is 481. The number of aryl methyl sites for hydroxylation is 1. The predicted octanol–water partition coefficient (Wildman–Crippen LogP) is 1.65. The molecule has 0 aliphatic carbocycles. The van der Waals surface area contributed by atoms with Gasteiger partial charge in [-0.05, 0) is 30.7 Å². The van der Waals surface area contributed by atoms with Gasteiger partial charge in [0.05, 0.1) is 0 Å². The topological polar surface area (TPSA) is 40.5 Å². The lowest BCUT2D eigenvalue weighted by Gasteiger charge is -1.95. The average molecular weight is 271 g/mol. The molecule has 0 spiro atoms. The monoisotopic (exact) mass is 270 g/mol. The first-order chi connectivity index (χ1) is 6.58. The van der Waals surface area contributed by atoms with Crippen molar-refractivity contribution < 1.29 is 10.0 Å². The van der Waals surface area contributed by atoms with Crippen LogP contribution in [0.15, 0.2) is 22.7 Å². The Balaban J connectivity index is 2.70.